The molecule has 1 heteroatoms. The molecule has 208 valence electrons. The highest BCUT2D eigenvalue weighted by Crippen LogP contribution is 2.47. The van der Waals surface area contributed by atoms with Crippen molar-refractivity contribution in [1.82, 2.24) is 0 Å². The van der Waals surface area contributed by atoms with Gasteiger partial charge < -0.3 is 0 Å². The third-order valence-electron chi connectivity index (χ3n) is 9.45. The van der Waals surface area contributed by atoms with Gasteiger partial charge in [0.05, 0.1) is 0 Å². The van der Waals surface area contributed by atoms with E-state index in [9.17, 15) is 0 Å². The van der Waals surface area contributed by atoms with Gasteiger partial charge in [0.15, 0.2) is 0 Å². The van der Waals surface area contributed by atoms with Crippen molar-refractivity contribution in [3.05, 3.63) is 128 Å². The summed E-state index contributed by atoms with van der Waals surface area (Å²) in [4.78, 5) is 0. The quantitative estimate of drug-likeness (QED) is 0.191. The fourth-order valence-corrected chi connectivity index (χ4v) is 10.2. The van der Waals surface area contributed by atoms with E-state index in [4.69, 9.17) is 0 Å². The summed E-state index contributed by atoms with van der Waals surface area (Å²) in [5.74, 6) is 1.20. The molecule has 0 N–H and O–H groups in total. The van der Waals surface area contributed by atoms with Gasteiger partial charge in [-0.3, -0.25) is 0 Å². The van der Waals surface area contributed by atoms with Crippen LogP contribution in [0.4, 0.5) is 0 Å². The molecule has 2 aliphatic carbocycles. The summed E-state index contributed by atoms with van der Waals surface area (Å²) in [5, 5.41) is 0. The third-order valence-corrected chi connectivity index (χ3v) is 11.4. The second kappa shape index (κ2) is 11.5. The van der Waals surface area contributed by atoms with E-state index < -0.39 is 0 Å². The Morgan fingerprint density at radius 2 is 0.927 bits per heavy atom. The van der Waals surface area contributed by atoms with Crippen molar-refractivity contribution >= 4 is 21.7 Å². The summed E-state index contributed by atoms with van der Waals surface area (Å²) in [6.45, 7) is 13.6. The molecule has 0 aliphatic heterocycles. The first kappa shape index (κ1) is 27.7. The highest BCUT2D eigenvalue weighted by atomic mass is 28.2. The summed E-state index contributed by atoms with van der Waals surface area (Å²) in [5.41, 5.74) is 20.3. The molecule has 0 saturated carbocycles. The zero-order valence-corrected chi connectivity index (χ0v) is 27.2. The summed E-state index contributed by atoms with van der Waals surface area (Å²) >= 11 is 0. The molecule has 2 unspecified atom stereocenters. The Balaban J connectivity index is 1.25. The van der Waals surface area contributed by atoms with Crippen LogP contribution in [0.25, 0.3) is 34.4 Å². The van der Waals surface area contributed by atoms with Gasteiger partial charge in [0.25, 0.3) is 0 Å². The number of aryl methyl sites for hydroxylation is 4. The molecule has 0 aromatic heterocycles. The second-order valence-corrected chi connectivity index (χ2v) is 14.4. The number of rotatable bonds is 8. The molecule has 0 amide bonds. The Bertz CT molecular complexity index is 1520. The summed E-state index contributed by atoms with van der Waals surface area (Å²) < 4.78 is 0. The SMILES string of the molecule is CCC1=Cc2c(-c3cc(C)cc(C)c3)cccc2C1C[SiH2]CC1C(CC)=Cc2c(-c3cc(C)cc(C)c3)cccc21. The Morgan fingerprint density at radius 1 is 0.537 bits per heavy atom. The third kappa shape index (κ3) is 5.33. The predicted octanol–water partition coefficient (Wildman–Crippen LogP) is 10.7. The molecule has 0 saturated heterocycles. The molecule has 0 bridgehead atoms. The number of fused-ring (bicyclic) bond motifs is 2. The smallest absolute Gasteiger partial charge is 0.0218 e. The van der Waals surface area contributed by atoms with E-state index in [1.165, 1.54) is 67.7 Å². The van der Waals surface area contributed by atoms with E-state index in [0.29, 0.717) is 11.8 Å². The number of benzene rings is 4. The average Bonchev–Trinajstić information content (AvgIpc) is 3.49. The zero-order valence-electron chi connectivity index (χ0n) is 25.8. The van der Waals surface area contributed by atoms with E-state index in [-0.39, 0.29) is 9.52 Å². The minimum absolute atomic E-state index is 0.266. The van der Waals surface area contributed by atoms with Gasteiger partial charge in [-0.1, -0.05) is 144 Å². The van der Waals surface area contributed by atoms with Gasteiger partial charge in [-0.2, -0.15) is 0 Å². The molecule has 41 heavy (non-hydrogen) atoms. The standard InChI is InChI=1S/C40H44Si/c1-7-29-21-37-33(31-17-25(3)15-26(4)18-31)11-9-13-35(37)39(29)23-41-24-40-30(8-2)22-38-34(12-10-14-36(38)40)32-19-27(5)16-28(6)20-32/h9-22,39-40H,7-8,23-24,41H2,1-6H3. The lowest BCUT2D eigenvalue weighted by atomic mass is 9.91. The van der Waals surface area contributed by atoms with Crippen LogP contribution in [0.2, 0.25) is 12.1 Å². The van der Waals surface area contributed by atoms with Crippen molar-refractivity contribution in [1.29, 1.82) is 0 Å². The fourth-order valence-electron chi connectivity index (χ4n) is 7.74. The van der Waals surface area contributed by atoms with Gasteiger partial charge in [0.2, 0.25) is 0 Å². The molecule has 4 aromatic carbocycles. The molecule has 6 rings (SSSR count). The Hall–Kier alpha value is -3.42. The Morgan fingerprint density at radius 3 is 1.29 bits per heavy atom. The summed E-state index contributed by atoms with van der Waals surface area (Å²) in [6, 6.07) is 30.8. The van der Waals surface area contributed by atoms with Crippen LogP contribution >= 0.6 is 0 Å². The predicted molar refractivity (Wildman–Crippen MR) is 183 cm³/mol. The monoisotopic (exact) mass is 552 g/mol. The van der Waals surface area contributed by atoms with E-state index in [2.05, 4.69) is 126 Å². The first-order valence-corrected chi connectivity index (χ1v) is 17.7. The van der Waals surface area contributed by atoms with Gasteiger partial charge in [-0.05, 0) is 85.0 Å². The lowest BCUT2D eigenvalue weighted by molar-refractivity contribution is 0.830. The largest absolute Gasteiger partial charge is 0.0626 e. The highest BCUT2D eigenvalue weighted by Gasteiger charge is 2.29. The fraction of sp³-hybridized carbons (Fsp3) is 0.300. The maximum atomic E-state index is 2.54. The Labute approximate surface area is 250 Å². The molecule has 2 aliphatic rings. The van der Waals surface area contributed by atoms with Crippen molar-refractivity contribution in [3.8, 4) is 22.3 Å². The molecule has 0 fully saturated rings. The van der Waals surface area contributed by atoms with Crippen LogP contribution in [-0.4, -0.2) is 9.52 Å². The van der Waals surface area contributed by atoms with Crippen molar-refractivity contribution in [2.75, 3.05) is 0 Å². The maximum Gasteiger partial charge on any atom is 0.0218 e. The normalized spacial score (nSPS) is 17.6. The Kier molecular flexibility index (Phi) is 7.75. The minimum atomic E-state index is -0.266. The first-order valence-electron chi connectivity index (χ1n) is 15.7. The van der Waals surface area contributed by atoms with Crippen LogP contribution in [0.1, 0.15) is 83.0 Å². The van der Waals surface area contributed by atoms with Gasteiger partial charge in [0.1, 0.15) is 0 Å². The average molecular weight is 553 g/mol. The van der Waals surface area contributed by atoms with E-state index in [1.54, 1.807) is 22.3 Å². The lowest BCUT2D eigenvalue weighted by Gasteiger charge is -2.20. The molecular weight excluding hydrogens is 509 g/mol. The number of hydrogen-bond acceptors (Lipinski definition) is 0. The minimum Gasteiger partial charge on any atom is -0.0626 e. The summed E-state index contributed by atoms with van der Waals surface area (Å²) in [7, 11) is -0.266. The molecule has 0 heterocycles. The van der Waals surface area contributed by atoms with Crippen molar-refractivity contribution in [2.45, 2.75) is 78.3 Å². The van der Waals surface area contributed by atoms with Crippen LogP contribution in [0.3, 0.4) is 0 Å². The van der Waals surface area contributed by atoms with Gasteiger partial charge in [-0.15, -0.1) is 0 Å². The van der Waals surface area contributed by atoms with Crippen LogP contribution in [0, 0.1) is 27.7 Å². The molecule has 2 atom stereocenters. The highest BCUT2D eigenvalue weighted by molar-refractivity contribution is 6.36. The zero-order chi connectivity index (χ0) is 28.7. The van der Waals surface area contributed by atoms with Gasteiger partial charge >= 0.3 is 0 Å². The lowest BCUT2D eigenvalue weighted by Crippen LogP contribution is -2.08. The van der Waals surface area contributed by atoms with Gasteiger partial charge in [0, 0.05) is 21.4 Å². The topological polar surface area (TPSA) is 0 Å². The van der Waals surface area contributed by atoms with E-state index in [0.717, 1.165) is 12.8 Å². The number of hydrogen-bond donors (Lipinski definition) is 0. The molecule has 0 nitrogen and oxygen atoms in total. The van der Waals surface area contributed by atoms with Crippen LogP contribution in [0.15, 0.2) is 83.9 Å². The van der Waals surface area contributed by atoms with Crippen molar-refractivity contribution < 1.29 is 0 Å². The molecule has 4 aromatic rings. The van der Waals surface area contributed by atoms with Crippen LogP contribution in [0.5, 0.6) is 0 Å². The second-order valence-electron chi connectivity index (χ2n) is 12.6. The molecule has 0 spiro atoms. The first-order chi connectivity index (χ1) is 19.9. The van der Waals surface area contributed by atoms with Crippen LogP contribution < -0.4 is 0 Å². The van der Waals surface area contributed by atoms with Crippen molar-refractivity contribution in [3.63, 3.8) is 0 Å². The van der Waals surface area contributed by atoms with Crippen LogP contribution in [-0.2, 0) is 0 Å². The molecule has 0 radical (unpaired) electrons. The maximum absolute atomic E-state index is 2.54. The van der Waals surface area contributed by atoms with Gasteiger partial charge in [-0.25, -0.2) is 0 Å². The van der Waals surface area contributed by atoms with Crippen molar-refractivity contribution in [2.24, 2.45) is 0 Å². The van der Waals surface area contributed by atoms with E-state index >= 15 is 0 Å². The number of allylic oxidation sites excluding steroid dienone is 2. The summed E-state index contributed by atoms with van der Waals surface area (Å²) in [6.07, 6.45) is 7.37. The molecular formula is C40H44Si. The van der Waals surface area contributed by atoms with E-state index in [1.807, 2.05) is 0 Å².